The SMILES string of the molecule is CCCCNC(=NCC1CCN(CCOC)CC1)NCC. The fourth-order valence-electron chi connectivity index (χ4n) is 2.56. The zero-order valence-electron chi connectivity index (χ0n) is 14.2. The maximum atomic E-state index is 5.14. The molecule has 124 valence electrons. The number of guanidine groups is 1. The molecule has 0 aliphatic carbocycles. The van der Waals surface area contributed by atoms with Crippen molar-refractivity contribution in [2.75, 3.05) is 53.0 Å². The number of nitrogens with one attached hydrogen (secondary N) is 2. The van der Waals surface area contributed by atoms with E-state index in [1.54, 1.807) is 7.11 Å². The smallest absolute Gasteiger partial charge is 0.191 e. The van der Waals surface area contributed by atoms with Crippen LogP contribution in [0.1, 0.15) is 39.5 Å². The second kappa shape index (κ2) is 11.8. The molecule has 0 aromatic carbocycles. The zero-order chi connectivity index (χ0) is 15.3. The highest BCUT2D eigenvalue weighted by Crippen LogP contribution is 2.17. The number of piperidine rings is 1. The Bertz CT molecular complexity index is 275. The van der Waals surface area contributed by atoms with Gasteiger partial charge in [-0.15, -0.1) is 0 Å². The average Bonchev–Trinajstić information content (AvgIpc) is 2.52. The van der Waals surface area contributed by atoms with Gasteiger partial charge in [0.1, 0.15) is 0 Å². The summed E-state index contributed by atoms with van der Waals surface area (Å²) in [6, 6.07) is 0. The lowest BCUT2D eigenvalue weighted by Crippen LogP contribution is -2.39. The molecule has 0 aromatic heterocycles. The molecule has 0 saturated carbocycles. The predicted octanol–water partition coefficient (Wildman–Crippen LogP) is 1.70. The lowest BCUT2D eigenvalue weighted by atomic mass is 9.97. The van der Waals surface area contributed by atoms with Crippen LogP contribution in [0, 0.1) is 5.92 Å². The first-order valence-electron chi connectivity index (χ1n) is 8.53. The Morgan fingerprint density at radius 2 is 2.00 bits per heavy atom. The van der Waals surface area contributed by atoms with Gasteiger partial charge in [-0.1, -0.05) is 13.3 Å². The fourth-order valence-corrected chi connectivity index (χ4v) is 2.56. The molecule has 0 spiro atoms. The van der Waals surface area contributed by atoms with Gasteiger partial charge < -0.3 is 20.3 Å². The van der Waals surface area contributed by atoms with Crippen molar-refractivity contribution in [1.29, 1.82) is 0 Å². The summed E-state index contributed by atoms with van der Waals surface area (Å²) in [5.74, 6) is 1.71. The van der Waals surface area contributed by atoms with Crippen LogP contribution in [-0.4, -0.2) is 63.8 Å². The van der Waals surface area contributed by atoms with Gasteiger partial charge in [-0.2, -0.15) is 0 Å². The number of methoxy groups -OCH3 is 1. The average molecular weight is 298 g/mol. The van der Waals surface area contributed by atoms with E-state index >= 15 is 0 Å². The Kier molecular flexibility index (Phi) is 10.3. The molecule has 0 radical (unpaired) electrons. The van der Waals surface area contributed by atoms with Gasteiger partial charge in [0.05, 0.1) is 6.61 Å². The molecule has 5 nitrogen and oxygen atoms in total. The van der Waals surface area contributed by atoms with Crippen molar-refractivity contribution in [3.8, 4) is 0 Å². The van der Waals surface area contributed by atoms with E-state index in [0.29, 0.717) is 0 Å². The van der Waals surface area contributed by atoms with E-state index in [0.717, 1.165) is 44.7 Å². The van der Waals surface area contributed by atoms with E-state index < -0.39 is 0 Å². The largest absolute Gasteiger partial charge is 0.383 e. The maximum Gasteiger partial charge on any atom is 0.191 e. The standard InChI is InChI=1S/C16H34N4O/c1-4-6-9-18-16(17-5-2)19-14-15-7-10-20(11-8-15)12-13-21-3/h15H,4-14H2,1-3H3,(H2,17,18,19). The zero-order valence-corrected chi connectivity index (χ0v) is 14.2. The van der Waals surface area contributed by atoms with Crippen LogP contribution in [-0.2, 0) is 4.74 Å². The molecule has 0 atom stereocenters. The van der Waals surface area contributed by atoms with Crippen LogP contribution in [0.15, 0.2) is 4.99 Å². The van der Waals surface area contributed by atoms with Gasteiger partial charge in [0, 0.05) is 33.3 Å². The summed E-state index contributed by atoms with van der Waals surface area (Å²) in [4.78, 5) is 7.24. The van der Waals surface area contributed by atoms with Crippen LogP contribution in [0.2, 0.25) is 0 Å². The van der Waals surface area contributed by atoms with Gasteiger partial charge in [0.2, 0.25) is 0 Å². The number of hydrogen-bond acceptors (Lipinski definition) is 3. The number of hydrogen-bond donors (Lipinski definition) is 2. The second-order valence-electron chi connectivity index (χ2n) is 5.78. The Balaban J connectivity index is 2.26. The molecule has 1 fully saturated rings. The third-order valence-electron chi connectivity index (χ3n) is 3.99. The third kappa shape index (κ3) is 8.27. The molecule has 1 aliphatic rings. The van der Waals surface area contributed by atoms with E-state index in [1.807, 2.05) is 0 Å². The highest BCUT2D eigenvalue weighted by atomic mass is 16.5. The van der Waals surface area contributed by atoms with Gasteiger partial charge in [-0.05, 0) is 45.2 Å². The molecule has 5 heteroatoms. The van der Waals surface area contributed by atoms with Crippen molar-refractivity contribution >= 4 is 5.96 Å². The number of rotatable bonds is 9. The Labute approximate surface area is 130 Å². The molecule has 0 aromatic rings. The predicted molar refractivity (Wildman–Crippen MR) is 89.9 cm³/mol. The molecule has 0 amide bonds. The monoisotopic (exact) mass is 298 g/mol. The minimum absolute atomic E-state index is 0.727. The molecule has 0 unspecified atom stereocenters. The summed E-state index contributed by atoms with van der Waals surface area (Å²) < 4.78 is 5.14. The van der Waals surface area contributed by atoms with Crippen LogP contribution >= 0.6 is 0 Å². The number of unbranched alkanes of at least 4 members (excludes halogenated alkanes) is 1. The van der Waals surface area contributed by atoms with Gasteiger partial charge >= 0.3 is 0 Å². The molecule has 21 heavy (non-hydrogen) atoms. The van der Waals surface area contributed by atoms with Gasteiger partial charge in [0.25, 0.3) is 0 Å². The first kappa shape index (κ1) is 18.2. The molecule has 1 heterocycles. The number of ether oxygens (including phenoxy) is 1. The second-order valence-corrected chi connectivity index (χ2v) is 5.78. The number of likely N-dealkylation sites (tertiary alicyclic amines) is 1. The quantitative estimate of drug-likeness (QED) is 0.386. The fraction of sp³-hybridized carbons (Fsp3) is 0.938. The Morgan fingerprint density at radius 1 is 1.24 bits per heavy atom. The molecular weight excluding hydrogens is 264 g/mol. The minimum atomic E-state index is 0.727. The normalized spacial score (nSPS) is 18.0. The summed E-state index contributed by atoms with van der Waals surface area (Å²) in [6.45, 7) is 11.5. The van der Waals surface area contributed by atoms with Crippen LogP contribution < -0.4 is 10.6 Å². The van der Waals surface area contributed by atoms with E-state index in [-0.39, 0.29) is 0 Å². The summed E-state index contributed by atoms with van der Waals surface area (Å²) in [5, 5.41) is 6.74. The van der Waals surface area contributed by atoms with Gasteiger partial charge in [-0.25, -0.2) is 0 Å². The van der Waals surface area contributed by atoms with Crippen molar-refractivity contribution in [3.63, 3.8) is 0 Å². The van der Waals surface area contributed by atoms with Crippen LogP contribution in [0.25, 0.3) is 0 Å². The molecule has 0 bridgehead atoms. The molecule has 1 rings (SSSR count). The van der Waals surface area contributed by atoms with Crippen LogP contribution in [0.4, 0.5) is 0 Å². The summed E-state index contributed by atoms with van der Waals surface area (Å²) in [7, 11) is 1.77. The Morgan fingerprint density at radius 3 is 2.62 bits per heavy atom. The highest BCUT2D eigenvalue weighted by Gasteiger charge is 2.18. The lowest BCUT2D eigenvalue weighted by Gasteiger charge is -2.31. The van der Waals surface area contributed by atoms with Crippen molar-refractivity contribution in [1.82, 2.24) is 15.5 Å². The van der Waals surface area contributed by atoms with Crippen LogP contribution in [0.3, 0.4) is 0 Å². The summed E-state index contributed by atoms with van der Waals surface area (Å²) in [5.41, 5.74) is 0. The van der Waals surface area contributed by atoms with Crippen LogP contribution in [0.5, 0.6) is 0 Å². The van der Waals surface area contributed by atoms with E-state index in [2.05, 4.69) is 29.4 Å². The van der Waals surface area contributed by atoms with Crippen molar-refractivity contribution in [3.05, 3.63) is 0 Å². The minimum Gasteiger partial charge on any atom is -0.383 e. The molecular formula is C16H34N4O. The van der Waals surface area contributed by atoms with Crippen molar-refractivity contribution < 1.29 is 4.74 Å². The van der Waals surface area contributed by atoms with Gasteiger partial charge in [-0.3, -0.25) is 4.99 Å². The van der Waals surface area contributed by atoms with Crippen molar-refractivity contribution in [2.45, 2.75) is 39.5 Å². The topological polar surface area (TPSA) is 48.9 Å². The molecule has 1 saturated heterocycles. The summed E-state index contributed by atoms with van der Waals surface area (Å²) >= 11 is 0. The first-order valence-corrected chi connectivity index (χ1v) is 8.53. The highest BCUT2D eigenvalue weighted by molar-refractivity contribution is 5.79. The van der Waals surface area contributed by atoms with Crippen molar-refractivity contribution in [2.24, 2.45) is 10.9 Å². The van der Waals surface area contributed by atoms with Gasteiger partial charge in [0.15, 0.2) is 5.96 Å². The summed E-state index contributed by atoms with van der Waals surface area (Å²) in [6.07, 6.45) is 4.91. The molecule has 1 aliphatic heterocycles. The number of aliphatic imine (C=N–C) groups is 1. The number of nitrogens with zero attached hydrogens (tertiary/aromatic N) is 2. The van der Waals surface area contributed by atoms with E-state index in [4.69, 9.17) is 9.73 Å². The van der Waals surface area contributed by atoms with E-state index in [9.17, 15) is 0 Å². The first-order chi connectivity index (χ1) is 10.3. The maximum absolute atomic E-state index is 5.14. The Hall–Kier alpha value is -0.810. The molecule has 2 N–H and O–H groups in total. The third-order valence-corrected chi connectivity index (χ3v) is 3.99. The van der Waals surface area contributed by atoms with E-state index in [1.165, 1.54) is 38.8 Å². The lowest BCUT2D eigenvalue weighted by molar-refractivity contribution is 0.121.